The van der Waals surface area contributed by atoms with Crippen molar-refractivity contribution in [3.63, 3.8) is 0 Å². The second-order valence-electron chi connectivity index (χ2n) is 5.51. The van der Waals surface area contributed by atoms with Gasteiger partial charge in [-0.25, -0.2) is 0 Å². The molecule has 108 valence electrons. The van der Waals surface area contributed by atoms with Crippen molar-refractivity contribution in [1.29, 1.82) is 0 Å². The van der Waals surface area contributed by atoms with Gasteiger partial charge < -0.3 is 5.32 Å². The molecule has 1 aliphatic carbocycles. The van der Waals surface area contributed by atoms with E-state index in [2.05, 4.69) is 44.9 Å². The number of nitrogens with one attached hydrogen (secondary N) is 1. The van der Waals surface area contributed by atoms with Crippen LogP contribution in [0.2, 0.25) is 0 Å². The Morgan fingerprint density at radius 3 is 2.84 bits per heavy atom. The molecule has 1 aromatic heterocycles. The summed E-state index contributed by atoms with van der Waals surface area (Å²) in [5.41, 5.74) is 1.19. The lowest BCUT2D eigenvalue weighted by molar-refractivity contribution is 0.327. The summed E-state index contributed by atoms with van der Waals surface area (Å²) in [4.78, 5) is 0. The Hall–Kier alpha value is -0.100. The van der Waals surface area contributed by atoms with Crippen molar-refractivity contribution in [3.8, 4) is 0 Å². The Balaban J connectivity index is 1.66. The van der Waals surface area contributed by atoms with Gasteiger partial charge in [-0.2, -0.15) is 5.10 Å². The predicted octanol–water partition coefficient (Wildman–Crippen LogP) is 4.08. The number of rotatable bonds is 8. The fourth-order valence-electron chi connectivity index (χ4n) is 2.76. The van der Waals surface area contributed by atoms with Crippen molar-refractivity contribution >= 4 is 22.6 Å². The minimum atomic E-state index is 0.658. The fourth-order valence-corrected chi connectivity index (χ4v) is 3.30. The highest BCUT2D eigenvalue weighted by atomic mass is 127. The van der Waals surface area contributed by atoms with Gasteiger partial charge in [0.2, 0.25) is 0 Å². The van der Waals surface area contributed by atoms with E-state index < -0.39 is 0 Å². The molecule has 0 unspecified atom stereocenters. The van der Waals surface area contributed by atoms with Gasteiger partial charge in [0, 0.05) is 12.7 Å². The first-order chi connectivity index (χ1) is 9.40. The predicted molar refractivity (Wildman–Crippen MR) is 88.8 cm³/mol. The van der Waals surface area contributed by atoms with Crippen molar-refractivity contribution < 1.29 is 0 Å². The maximum atomic E-state index is 4.72. The van der Waals surface area contributed by atoms with Crippen LogP contribution in [0.15, 0.2) is 12.3 Å². The van der Waals surface area contributed by atoms with E-state index in [-0.39, 0.29) is 0 Å². The highest BCUT2D eigenvalue weighted by Gasteiger charge is 2.15. The zero-order valence-corrected chi connectivity index (χ0v) is 13.9. The number of halogens is 1. The Kier molecular flexibility index (Phi) is 7.20. The molecule has 1 heterocycles. The monoisotopic (exact) mass is 375 g/mol. The van der Waals surface area contributed by atoms with Gasteiger partial charge >= 0.3 is 0 Å². The molecule has 19 heavy (non-hydrogen) atoms. The Bertz CT molecular complexity index is 345. The van der Waals surface area contributed by atoms with Crippen LogP contribution in [0.5, 0.6) is 0 Å². The summed E-state index contributed by atoms with van der Waals surface area (Å²) in [5.74, 6) is 0. The van der Waals surface area contributed by atoms with E-state index in [1.165, 1.54) is 61.5 Å². The molecule has 3 nitrogen and oxygen atoms in total. The smallest absolute Gasteiger partial charge is 0.0762 e. The number of hydrogen-bond acceptors (Lipinski definition) is 2. The Morgan fingerprint density at radius 1 is 1.21 bits per heavy atom. The molecule has 0 bridgehead atoms. The van der Waals surface area contributed by atoms with Crippen LogP contribution in [0, 0.1) is 0 Å². The van der Waals surface area contributed by atoms with Crippen LogP contribution in [-0.2, 0) is 6.54 Å². The zero-order chi connectivity index (χ0) is 13.3. The van der Waals surface area contributed by atoms with Crippen LogP contribution in [0.25, 0.3) is 0 Å². The molecule has 0 amide bonds. The summed E-state index contributed by atoms with van der Waals surface area (Å²) in [5, 5.41) is 8.22. The van der Waals surface area contributed by atoms with Crippen LogP contribution in [0.3, 0.4) is 0 Å². The van der Waals surface area contributed by atoms with Crippen molar-refractivity contribution in [2.75, 3.05) is 11.0 Å². The molecule has 1 aromatic rings. The number of unbranched alkanes of at least 4 members (excludes halogenated alkanes) is 2. The van der Waals surface area contributed by atoms with E-state index in [1.807, 2.05) is 0 Å². The second kappa shape index (κ2) is 8.95. The van der Waals surface area contributed by atoms with Gasteiger partial charge in [0.15, 0.2) is 0 Å². The number of alkyl halides is 1. The topological polar surface area (TPSA) is 29.9 Å². The largest absolute Gasteiger partial charge is 0.311 e. The van der Waals surface area contributed by atoms with Gasteiger partial charge in [-0.05, 0) is 42.7 Å². The normalized spacial score (nSPS) is 16.9. The van der Waals surface area contributed by atoms with Crippen molar-refractivity contribution in [2.24, 2.45) is 0 Å². The second-order valence-corrected chi connectivity index (χ2v) is 6.58. The fraction of sp³-hybridized carbons (Fsp3) is 0.800. The summed E-state index contributed by atoms with van der Waals surface area (Å²) < 4.78 is 3.48. The summed E-state index contributed by atoms with van der Waals surface area (Å²) in [6.45, 7) is 2.04. The first-order valence-electron chi connectivity index (χ1n) is 7.71. The molecule has 0 saturated heterocycles. The molecule has 4 heteroatoms. The highest BCUT2D eigenvalue weighted by Crippen LogP contribution is 2.27. The first-order valence-corrected chi connectivity index (χ1v) is 9.23. The van der Waals surface area contributed by atoms with Gasteiger partial charge in [-0.15, -0.1) is 0 Å². The van der Waals surface area contributed by atoms with E-state index in [1.54, 1.807) is 0 Å². The third kappa shape index (κ3) is 5.42. The minimum Gasteiger partial charge on any atom is -0.311 e. The third-order valence-corrected chi connectivity index (χ3v) is 4.67. The maximum Gasteiger partial charge on any atom is 0.0762 e. The van der Waals surface area contributed by atoms with E-state index in [4.69, 9.17) is 5.10 Å². The quantitative estimate of drug-likeness (QED) is 0.422. The number of nitrogens with zero attached hydrogens (tertiary/aromatic N) is 2. The van der Waals surface area contributed by atoms with E-state index >= 15 is 0 Å². The third-order valence-electron chi connectivity index (χ3n) is 3.91. The van der Waals surface area contributed by atoms with Gasteiger partial charge in [0.1, 0.15) is 0 Å². The standard InChI is InChI=1S/C15H26IN3/c16-10-5-2-6-11-17-13-14-9-12-19(18-14)15-7-3-1-4-8-15/h9,12,15,17H,1-8,10-11,13H2. The highest BCUT2D eigenvalue weighted by molar-refractivity contribution is 14.1. The molecule has 1 fully saturated rings. The molecular formula is C15H26IN3. The summed E-state index contributed by atoms with van der Waals surface area (Å²) >= 11 is 2.45. The van der Waals surface area contributed by atoms with E-state index in [0.717, 1.165) is 13.1 Å². The van der Waals surface area contributed by atoms with Crippen molar-refractivity contribution in [1.82, 2.24) is 15.1 Å². The zero-order valence-electron chi connectivity index (χ0n) is 11.8. The lowest BCUT2D eigenvalue weighted by atomic mass is 9.96. The molecule has 1 N–H and O–H groups in total. The molecule has 1 saturated carbocycles. The van der Waals surface area contributed by atoms with Gasteiger partial charge in [0.25, 0.3) is 0 Å². The molecule has 1 aliphatic rings. The lowest BCUT2D eigenvalue weighted by Gasteiger charge is -2.21. The molecule has 0 aliphatic heterocycles. The van der Waals surface area contributed by atoms with Crippen LogP contribution in [0.4, 0.5) is 0 Å². The van der Waals surface area contributed by atoms with E-state index in [9.17, 15) is 0 Å². The van der Waals surface area contributed by atoms with Crippen LogP contribution in [0.1, 0.15) is 63.1 Å². The number of hydrogen-bond donors (Lipinski definition) is 1. The molecule has 0 spiro atoms. The van der Waals surface area contributed by atoms with Crippen LogP contribution >= 0.6 is 22.6 Å². The first kappa shape index (κ1) is 15.3. The average Bonchev–Trinajstić information content (AvgIpc) is 2.92. The lowest BCUT2D eigenvalue weighted by Crippen LogP contribution is -2.17. The molecule has 0 atom stereocenters. The average molecular weight is 375 g/mol. The molecular weight excluding hydrogens is 349 g/mol. The van der Waals surface area contributed by atoms with Crippen LogP contribution in [-0.4, -0.2) is 20.8 Å². The van der Waals surface area contributed by atoms with Crippen molar-refractivity contribution in [2.45, 2.75) is 64.0 Å². The minimum absolute atomic E-state index is 0.658. The van der Waals surface area contributed by atoms with Crippen LogP contribution < -0.4 is 5.32 Å². The molecule has 0 aromatic carbocycles. The van der Waals surface area contributed by atoms with Crippen molar-refractivity contribution in [3.05, 3.63) is 18.0 Å². The number of aromatic nitrogens is 2. The molecule has 0 radical (unpaired) electrons. The summed E-state index contributed by atoms with van der Waals surface area (Å²) in [6.07, 6.45) is 12.9. The van der Waals surface area contributed by atoms with Gasteiger partial charge in [0.05, 0.1) is 11.7 Å². The molecule has 2 rings (SSSR count). The maximum absolute atomic E-state index is 4.72. The summed E-state index contributed by atoms with van der Waals surface area (Å²) in [6, 6.07) is 2.83. The van der Waals surface area contributed by atoms with E-state index in [0.29, 0.717) is 6.04 Å². The summed E-state index contributed by atoms with van der Waals surface area (Å²) in [7, 11) is 0. The van der Waals surface area contributed by atoms with Gasteiger partial charge in [-0.1, -0.05) is 48.3 Å². The van der Waals surface area contributed by atoms with Gasteiger partial charge in [-0.3, -0.25) is 4.68 Å². The Labute approximate surface area is 130 Å². The SMILES string of the molecule is ICCCCCNCc1ccn(C2CCCCC2)n1. The Morgan fingerprint density at radius 2 is 2.05 bits per heavy atom.